The van der Waals surface area contributed by atoms with Gasteiger partial charge in [0.2, 0.25) is 0 Å². The highest BCUT2D eigenvalue weighted by molar-refractivity contribution is 6.09. The van der Waals surface area contributed by atoms with Gasteiger partial charge in [-0.05, 0) is 80.6 Å². The van der Waals surface area contributed by atoms with Gasteiger partial charge in [-0.15, -0.1) is 0 Å². The number of fused-ring (bicyclic) bond motifs is 4. The van der Waals surface area contributed by atoms with Gasteiger partial charge in [0, 0.05) is 27.6 Å². The fraction of sp³-hybridized carbons (Fsp3) is 0. The van der Waals surface area contributed by atoms with E-state index in [1.165, 1.54) is 54.8 Å². The Hall–Kier alpha value is -7.03. The van der Waals surface area contributed by atoms with Crippen molar-refractivity contribution in [3.05, 3.63) is 206 Å². The average molecular weight is 675 g/mol. The van der Waals surface area contributed by atoms with Gasteiger partial charge in [-0.2, -0.15) is 0 Å². The van der Waals surface area contributed by atoms with Gasteiger partial charge in [-0.3, -0.25) is 0 Å². The number of hydrogen-bond acceptors (Lipinski definition) is 1. The molecular formula is C51H34N2. The molecule has 0 saturated carbocycles. The monoisotopic (exact) mass is 674 g/mol. The van der Waals surface area contributed by atoms with Gasteiger partial charge in [0.15, 0.2) is 0 Å². The Kier molecular flexibility index (Phi) is 7.51. The first-order valence-electron chi connectivity index (χ1n) is 18.1. The molecule has 0 fully saturated rings. The van der Waals surface area contributed by atoms with Crippen molar-refractivity contribution in [3.8, 4) is 61.6 Å². The molecule has 0 aliphatic carbocycles. The lowest BCUT2D eigenvalue weighted by Gasteiger charge is -2.14. The highest BCUT2D eigenvalue weighted by Crippen LogP contribution is 2.38. The fourth-order valence-electron chi connectivity index (χ4n) is 7.85. The van der Waals surface area contributed by atoms with E-state index in [1.807, 2.05) is 12.1 Å². The zero-order valence-corrected chi connectivity index (χ0v) is 29.0. The van der Waals surface area contributed by atoms with Crippen molar-refractivity contribution in [2.75, 3.05) is 0 Å². The lowest BCUT2D eigenvalue weighted by molar-refractivity contribution is 1.18. The van der Waals surface area contributed by atoms with Crippen LogP contribution in [-0.4, -0.2) is 9.55 Å². The SMILES string of the molecule is c1ccc(-c2cc(-c3ccc(-c4ccc(-c5ccc(-n6c7ccccc7c7ccccc76)cc5)c5ccccc45)cc3)cc(-c3ccccc3)n2)cc1. The Labute approximate surface area is 308 Å². The van der Waals surface area contributed by atoms with E-state index in [2.05, 4.69) is 199 Å². The summed E-state index contributed by atoms with van der Waals surface area (Å²) in [5, 5.41) is 5.03. The first-order valence-corrected chi connectivity index (χ1v) is 18.1. The number of aromatic nitrogens is 2. The Morgan fingerprint density at radius 2 is 0.679 bits per heavy atom. The minimum atomic E-state index is 0.968. The summed E-state index contributed by atoms with van der Waals surface area (Å²) in [7, 11) is 0. The molecule has 0 unspecified atom stereocenters. The molecule has 0 radical (unpaired) electrons. The van der Waals surface area contributed by atoms with Gasteiger partial charge >= 0.3 is 0 Å². The second-order valence-electron chi connectivity index (χ2n) is 13.6. The number of benzene rings is 8. The Morgan fingerprint density at radius 3 is 1.17 bits per heavy atom. The molecule has 0 bridgehead atoms. The summed E-state index contributed by atoms with van der Waals surface area (Å²) < 4.78 is 2.37. The molecule has 0 aliphatic rings. The summed E-state index contributed by atoms with van der Waals surface area (Å²) in [6.07, 6.45) is 0. The van der Waals surface area contributed by atoms with Crippen LogP contribution in [0.2, 0.25) is 0 Å². The second-order valence-corrected chi connectivity index (χ2v) is 13.6. The van der Waals surface area contributed by atoms with Crippen LogP contribution in [0.3, 0.4) is 0 Å². The minimum Gasteiger partial charge on any atom is -0.309 e. The Bertz CT molecular complexity index is 2790. The molecule has 248 valence electrons. The molecule has 2 aromatic heterocycles. The van der Waals surface area contributed by atoms with Crippen molar-refractivity contribution >= 4 is 32.6 Å². The molecule has 10 aromatic rings. The third-order valence-corrected chi connectivity index (χ3v) is 10.4. The van der Waals surface area contributed by atoms with Crippen molar-refractivity contribution in [3.63, 3.8) is 0 Å². The summed E-state index contributed by atoms with van der Waals surface area (Å²) in [5.74, 6) is 0. The molecule has 0 spiro atoms. The van der Waals surface area contributed by atoms with Crippen LogP contribution in [0.4, 0.5) is 0 Å². The van der Waals surface area contributed by atoms with E-state index in [-0.39, 0.29) is 0 Å². The maximum atomic E-state index is 5.07. The third kappa shape index (κ3) is 5.49. The van der Waals surface area contributed by atoms with Crippen LogP contribution in [0.5, 0.6) is 0 Å². The van der Waals surface area contributed by atoms with Crippen LogP contribution < -0.4 is 0 Å². The molecule has 2 nitrogen and oxygen atoms in total. The molecule has 0 N–H and O–H groups in total. The molecule has 53 heavy (non-hydrogen) atoms. The molecular weight excluding hydrogens is 641 g/mol. The first kappa shape index (κ1) is 30.8. The van der Waals surface area contributed by atoms with Crippen molar-refractivity contribution in [2.24, 2.45) is 0 Å². The number of hydrogen-bond donors (Lipinski definition) is 0. The third-order valence-electron chi connectivity index (χ3n) is 10.4. The number of nitrogens with zero attached hydrogens (tertiary/aromatic N) is 2. The van der Waals surface area contributed by atoms with Crippen molar-refractivity contribution in [1.82, 2.24) is 9.55 Å². The maximum Gasteiger partial charge on any atom is 0.0715 e. The molecule has 8 aromatic carbocycles. The summed E-state index contributed by atoms with van der Waals surface area (Å²) in [4.78, 5) is 5.07. The second kappa shape index (κ2) is 12.9. The van der Waals surface area contributed by atoms with Gasteiger partial charge in [-0.1, -0.05) is 170 Å². The zero-order chi connectivity index (χ0) is 35.1. The Balaban J connectivity index is 1.01. The molecule has 2 heterocycles. The largest absolute Gasteiger partial charge is 0.309 e. The summed E-state index contributed by atoms with van der Waals surface area (Å²) >= 11 is 0. The van der Waals surface area contributed by atoms with Crippen molar-refractivity contribution in [2.45, 2.75) is 0 Å². The molecule has 0 saturated heterocycles. The van der Waals surface area contributed by atoms with Crippen LogP contribution in [0.1, 0.15) is 0 Å². The topological polar surface area (TPSA) is 17.8 Å². The number of para-hydroxylation sites is 2. The van der Waals surface area contributed by atoms with E-state index in [0.29, 0.717) is 0 Å². The van der Waals surface area contributed by atoms with Gasteiger partial charge in [-0.25, -0.2) is 4.98 Å². The van der Waals surface area contributed by atoms with E-state index in [4.69, 9.17) is 4.98 Å². The zero-order valence-electron chi connectivity index (χ0n) is 29.0. The first-order chi connectivity index (χ1) is 26.3. The summed E-state index contributed by atoms with van der Waals surface area (Å²) in [5.41, 5.74) is 14.9. The van der Waals surface area contributed by atoms with Crippen LogP contribution in [0.25, 0.3) is 94.2 Å². The maximum absolute atomic E-state index is 5.07. The average Bonchev–Trinajstić information content (AvgIpc) is 3.58. The lowest BCUT2D eigenvalue weighted by Crippen LogP contribution is -1.93. The normalized spacial score (nSPS) is 11.4. The predicted molar refractivity (Wildman–Crippen MR) is 223 cm³/mol. The van der Waals surface area contributed by atoms with E-state index < -0.39 is 0 Å². The van der Waals surface area contributed by atoms with Crippen LogP contribution in [0, 0.1) is 0 Å². The Morgan fingerprint density at radius 1 is 0.283 bits per heavy atom. The van der Waals surface area contributed by atoms with Gasteiger partial charge < -0.3 is 4.57 Å². The van der Waals surface area contributed by atoms with Crippen LogP contribution >= 0.6 is 0 Å². The molecule has 0 amide bonds. The van der Waals surface area contributed by atoms with Gasteiger partial charge in [0.1, 0.15) is 0 Å². The summed E-state index contributed by atoms with van der Waals surface area (Å²) in [6.45, 7) is 0. The van der Waals surface area contributed by atoms with E-state index in [1.54, 1.807) is 0 Å². The highest BCUT2D eigenvalue weighted by atomic mass is 15.0. The molecule has 10 rings (SSSR count). The predicted octanol–water partition coefficient (Wildman–Crippen LogP) is 13.7. The van der Waals surface area contributed by atoms with Crippen molar-refractivity contribution < 1.29 is 0 Å². The van der Waals surface area contributed by atoms with Crippen molar-refractivity contribution in [1.29, 1.82) is 0 Å². The van der Waals surface area contributed by atoms with Crippen LogP contribution in [0.15, 0.2) is 206 Å². The number of rotatable bonds is 6. The minimum absolute atomic E-state index is 0.968. The van der Waals surface area contributed by atoms with E-state index in [0.717, 1.165) is 39.3 Å². The van der Waals surface area contributed by atoms with Gasteiger partial charge in [0.05, 0.1) is 22.4 Å². The molecule has 0 atom stereocenters. The number of pyridine rings is 1. The molecule has 2 heteroatoms. The highest BCUT2D eigenvalue weighted by Gasteiger charge is 2.14. The van der Waals surface area contributed by atoms with Crippen LogP contribution in [-0.2, 0) is 0 Å². The van der Waals surface area contributed by atoms with E-state index in [9.17, 15) is 0 Å². The van der Waals surface area contributed by atoms with Gasteiger partial charge in [0.25, 0.3) is 0 Å². The quantitative estimate of drug-likeness (QED) is 0.172. The summed E-state index contributed by atoms with van der Waals surface area (Å²) in [6, 6.07) is 73.9. The smallest absolute Gasteiger partial charge is 0.0715 e. The van der Waals surface area contributed by atoms with E-state index >= 15 is 0 Å². The standard InChI is InChI=1S/C51H34N2/c1-3-13-38(14-4-1)48-33-40(34-49(52-48)39-15-5-2-6-16-39)35-23-25-36(26-24-35)42-31-32-43(45-18-8-7-17-44(42)45)37-27-29-41(30-28-37)53-50-21-11-9-19-46(50)47-20-10-12-22-51(47)53/h1-34H. The fourth-order valence-corrected chi connectivity index (χ4v) is 7.85. The lowest BCUT2D eigenvalue weighted by atomic mass is 9.91. The molecule has 0 aliphatic heterocycles.